The zero-order valence-electron chi connectivity index (χ0n) is 11.0. The van der Waals surface area contributed by atoms with E-state index < -0.39 is 0 Å². The Morgan fingerprint density at radius 3 is 2.61 bits per heavy atom. The molecule has 2 fully saturated rings. The standard InChI is InChI=1S/C14H20N2OS/c1-14(2,9-5-6-9)16-11-7-10(15)13(18-11)12(17)8-3-4-8/h7-9,16H,3-6,15H2,1-2H3. The van der Waals surface area contributed by atoms with Gasteiger partial charge in [0.1, 0.15) is 0 Å². The van der Waals surface area contributed by atoms with Gasteiger partial charge in [0.25, 0.3) is 0 Å². The second-order valence-electron chi connectivity index (χ2n) is 6.15. The molecular formula is C14H20N2OS. The number of hydrogen-bond donors (Lipinski definition) is 2. The van der Waals surface area contributed by atoms with E-state index in [0.717, 1.165) is 28.6 Å². The Labute approximate surface area is 112 Å². The Morgan fingerprint density at radius 2 is 2.06 bits per heavy atom. The van der Waals surface area contributed by atoms with Crippen molar-refractivity contribution in [3.05, 3.63) is 10.9 Å². The topological polar surface area (TPSA) is 55.1 Å². The van der Waals surface area contributed by atoms with Crippen molar-refractivity contribution in [3.63, 3.8) is 0 Å². The molecule has 3 nitrogen and oxygen atoms in total. The fourth-order valence-corrected chi connectivity index (χ4v) is 3.58. The first-order valence-electron chi connectivity index (χ1n) is 6.69. The van der Waals surface area contributed by atoms with Crippen molar-refractivity contribution in [2.45, 2.75) is 45.1 Å². The zero-order valence-corrected chi connectivity index (χ0v) is 11.8. The highest BCUT2D eigenvalue weighted by Crippen LogP contribution is 2.44. The summed E-state index contributed by atoms with van der Waals surface area (Å²) in [6, 6.07) is 1.92. The summed E-state index contributed by atoms with van der Waals surface area (Å²) in [4.78, 5) is 12.8. The van der Waals surface area contributed by atoms with E-state index in [0.29, 0.717) is 5.69 Å². The fourth-order valence-electron chi connectivity index (χ4n) is 2.41. The number of carbonyl (C=O) groups excluding carboxylic acids is 1. The molecule has 1 heterocycles. The van der Waals surface area contributed by atoms with E-state index in [2.05, 4.69) is 19.2 Å². The lowest BCUT2D eigenvalue weighted by Gasteiger charge is -2.26. The van der Waals surface area contributed by atoms with Gasteiger partial charge in [-0.1, -0.05) is 0 Å². The molecule has 0 bridgehead atoms. The van der Waals surface area contributed by atoms with Gasteiger partial charge in [-0.3, -0.25) is 4.79 Å². The number of anilines is 2. The van der Waals surface area contributed by atoms with Gasteiger partial charge in [-0.05, 0) is 51.5 Å². The predicted molar refractivity (Wildman–Crippen MR) is 76.2 cm³/mol. The molecule has 1 aromatic rings. The average Bonchev–Trinajstić information content (AvgIpc) is 3.15. The first kappa shape index (κ1) is 12.0. The quantitative estimate of drug-likeness (QED) is 0.800. The van der Waals surface area contributed by atoms with Gasteiger partial charge < -0.3 is 11.1 Å². The Balaban J connectivity index is 1.77. The Bertz CT molecular complexity index is 484. The highest BCUT2D eigenvalue weighted by Gasteiger charge is 2.38. The van der Waals surface area contributed by atoms with Crippen LogP contribution in [0.3, 0.4) is 0 Å². The van der Waals surface area contributed by atoms with Crippen molar-refractivity contribution in [2.24, 2.45) is 11.8 Å². The summed E-state index contributed by atoms with van der Waals surface area (Å²) in [5.74, 6) is 1.24. The van der Waals surface area contributed by atoms with Crippen LogP contribution in [0.5, 0.6) is 0 Å². The summed E-state index contributed by atoms with van der Waals surface area (Å²) in [6.45, 7) is 4.45. The molecule has 0 saturated heterocycles. The van der Waals surface area contributed by atoms with Gasteiger partial charge in [-0.25, -0.2) is 0 Å². The highest BCUT2D eigenvalue weighted by molar-refractivity contribution is 7.18. The van der Waals surface area contributed by atoms with Crippen LogP contribution in [-0.2, 0) is 0 Å². The van der Waals surface area contributed by atoms with Gasteiger partial charge in [-0.15, -0.1) is 11.3 Å². The maximum Gasteiger partial charge on any atom is 0.178 e. The second-order valence-corrected chi connectivity index (χ2v) is 7.21. The van der Waals surface area contributed by atoms with Crippen LogP contribution in [0.15, 0.2) is 6.07 Å². The molecule has 3 N–H and O–H groups in total. The van der Waals surface area contributed by atoms with E-state index in [1.807, 2.05) is 6.07 Å². The molecular weight excluding hydrogens is 244 g/mol. The first-order valence-corrected chi connectivity index (χ1v) is 7.51. The lowest BCUT2D eigenvalue weighted by molar-refractivity contribution is 0.0972. The number of nitrogen functional groups attached to an aromatic ring is 1. The lowest BCUT2D eigenvalue weighted by atomic mass is 9.99. The number of ketones is 1. The van der Waals surface area contributed by atoms with E-state index in [9.17, 15) is 4.79 Å². The van der Waals surface area contributed by atoms with Crippen molar-refractivity contribution < 1.29 is 4.79 Å². The minimum atomic E-state index is 0.108. The average molecular weight is 264 g/mol. The summed E-state index contributed by atoms with van der Waals surface area (Å²) in [7, 11) is 0. The molecule has 0 amide bonds. The zero-order chi connectivity index (χ0) is 12.9. The molecule has 3 rings (SSSR count). The van der Waals surface area contributed by atoms with E-state index in [1.165, 1.54) is 24.2 Å². The molecule has 98 valence electrons. The predicted octanol–water partition coefficient (Wildman–Crippen LogP) is 3.52. The number of carbonyl (C=O) groups is 1. The molecule has 0 spiro atoms. The van der Waals surface area contributed by atoms with Gasteiger partial charge >= 0.3 is 0 Å². The number of nitrogens with two attached hydrogens (primary N) is 1. The van der Waals surface area contributed by atoms with Crippen LogP contribution >= 0.6 is 11.3 Å². The molecule has 2 aliphatic rings. The van der Waals surface area contributed by atoms with Crippen LogP contribution in [-0.4, -0.2) is 11.3 Å². The van der Waals surface area contributed by atoms with Gasteiger partial charge in [-0.2, -0.15) is 0 Å². The molecule has 2 aliphatic carbocycles. The summed E-state index contributed by atoms with van der Waals surface area (Å²) in [5, 5.41) is 4.58. The van der Waals surface area contributed by atoms with E-state index in [-0.39, 0.29) is 17.2 Å². The molecule has 0 radical (unpaired) electrons. The molecule has 0 aliphatic heterocycles. The number of rotatable bonds is 5. The third-order valence-corrected chi connectivity index (χ3v) is 5.06. The molecule has 2 saturated carbocycles. The van der Waals surface area contributed by atoms with Crippen LogP contribution in [0.4, 0.5) is 10.7 Å². The molecule has 18 heavy (non-hydrogen) atoms. The lowest BCUT2D eigenvalue weighted by Crippen LogP contribution is -2.32. The van der Waals surface area contributed by atoms with Crippen molar-refractivity contribution in [1.29, 1.82) is 0 Å². The Kier molecular flexibility index (Phi) is 2.66. The van der Waals surface area contributed by atoms with E-state index >= 15 is 0 Å². The third-order valence-electron chi connectivity index (χ3n) is 3.98. The van der Waals surface area contributed by atoms with Crippen LogP contribution in [0.2, 0.25) is 0 Å². The fraction of sp³-hybridized carbons (Fsp3) is 0.643. The maximum absolute atomic E-state index is 12.1. The minimum Gasteiger partial charge on any atom is -0.397 e. The third kappa shape index (κ3) is 2.26. The van der Waals surface area contributed by atoms with E-state index in [4.69, 9.17) is 5.73 Å². The molecule has 0 aromatic carbocycles. The van der Waals surface area contributed by atoms with Gasteiger partial charge in [0.2, 0.25) is 0 Å². The normalized spacial score (nSPS) is 19.9. The van der Waals surface area contributed by atoms with Crippen LogP contribution in [0.1, 0.15) is 49.2 Å². The Hall–Kier alpha value is -1.03. The Morgan fingerprint density at radius 1 is 1.39 bits per heavy atom. The molecule has 1 aromatic heterocycles. The number of nitrogens with one attached hydrogen (secondary N) is 1. The monoisotopic (exact) mass is 264 g/mol. The van der Waals surface area contributed by atoms with Crippen LogP contribution in [0.25, 0.3) is 0 Å². The summed E-state index contributed by atoms with van der Waals surface area (Å²) in [5.41, 5.74) is 6.72. The highest BCUT2D eigenvalue weighted by atomic mass is 32.1. The summed E-state index contributed by atoms with van der Waals surface area (Å²) in [6.07, 6.45) is 4.67. The van der Waals surface area contributed by atoms with E-state index in [1.54, 1.807) is 0 Å². The van der Waals surface area contributed by atoms with Crippen LogP contribution < -0.4 is 11.1 Å². The van der Waals surface area contributed by atoms with Crippen molar-refractivity contribution in [2.75, 3.05) is 11.1 Å². The van der Waals surface area contributed by atoms with Crippen molar-refractivity contribution in [1.82, 2.24) is 0 Å². The van der Waals surface area contributed by atoms with Crippen LogP contribution in [0, 0.1) is 11.8 Å². The van der Waals surface area contributed by atoms with Gasteiger partial charge in [0.05, 0.1) is 15.6 Å². The molecule has 4 heteroatoms. The number of thiophene rings is 1. The van der Waals surface area contributed by atoms with Crippen molar-refractivity contribution >= 4 is 27.8 Å². The second kappa shape index (κ2) is 3.98. The maximum atomic E-state index is 12.1. The summed E-state index contributed by atoms with van der Waals surface area (Å²) < 4.78 is 0. The minimum absolute atomic E-state index is 0.108. The SMILES string of the molecule is CC(C)(Nc1cc(N)c(C(=O)C2CC2)s1)C1CC1. The largest absolute Gasteiger partial charge is 0.397 e. The summed E-state index contributed by atoms with van der Waals surface area (Å²) >= 11 is 1.52. The molecule has 0 atom stereocenters. The number of hydrogen-bond acceptors (Lipinski definition) is 4. The molecule has 0 unspecified atom stereocenters. The van der Waals surface area contributed by atoms with Gasteiger partial charge in [0, 0.05) is 11.5 Å². The number of Topliss-reactive ketones (excluding diaryl/α,β-unsaturated/α-hetero) is 1. The first-order chi connectivity index (χ1) is 8.47. The van der Waals surface area contributed by atoms with Gasteiger partial charge in [0.15, 0.2) is 5.78 Å². The smallest absolute Gasteiger partial charge is 0.178 e. The van der Waals surface area contributed by atoms with Crippen molar-refractivity contribution in [3.8, 4) is 0 Å².